The molecule has 0 unspecified atom stereocenters. The first-order chi connectivity index (χ1) is 7.69. The Morgan fingerprint density at radius 2 is 2.00 bits per heavy atom. The maximum atomic E-state index is 11.2. The van der Waals surface area contributed by atoms with Crippen molar-refractivity contribution in [1.29, 1.82) is 0 Å². The summed E-state index contributed by atoms with van der Waals surface area (Å²) in [5.74, 6) is 0.225. The Morgan fingerprint density at radius 1 is 1.31 bits per heavy atom. The van der Waals surface area contributed by atoms with E-state index in [1.54, 1.807) is 19.2 Å². The number of alkyl carbamates (subject to hydrolysis) is 1. The maximum Gasteiger partial charge on any atom is 0.415 e. The van der Waals surface area contributed by atoms with Gasteiger partial charge in [-0.05, 0) is 17.7 Å². The smallest absolute Gasteiger partial charge is 0.415 e. The highest BCUT2D eigenvalue weighted by molar-refractivity contribution is 5.95. The van der Waals surface area contributed by atoms with Gasteiger partial charge in [-0.25, -0.2) is 9.59 Å². The molecule has 1 aliphatic heterocycles. The van der Waals surface area contributed by atoms with Gasteiger partial charge in [0.1, 0.15) is 11.8 Å². The summed E-state index contributed by atoms with van der Waals surface area (Å²) in [5, 5.41) is 2.44. The van der Waals surface area contributed by atoms with Gasteiger partial charge in [0.15, 0.2) is 0 Å². The van der Waals surface area contributed by atoms with Crippen molar-refractivity contribution in [3.05, 3.63) is 29.8 Å². The van der Waals surface area contributed by atoms with Gasteiger partial charge in [0.2, 0.25) is 0 Å². The number of carbonyl (C=O) groups is 2. The van der Waals surface area contributed by atoms with Crippen LogP contribution in [0, 0.1) is 0 Å². The second-order valence-corrected chi connectivity index (χ2v) is 3.46. The number of cyclic esters (lactones) is 2. The third kappa shape index (κ3) is 2.13. The van der Waals surface area contributed by atoms with Gasteiger partial charge in [-0.15, -0.1) is 0 Å². The minimum absolute atomic E-state index is 0.425. The molecular weight excluding hydrogens is 210 g/mol. The summed E-state index contributed by atoms with van der Waals surface area (Å²) in [5.41, 5.74) is 0.935. The number of nitrogens with one attached hydrogen (secondary N) is 1. The number of ether oxygens (including phenoxy) is 2. The molecule has 0 bridgehead atoms. The number of benzene rings is 1. The minimum Gasteiger partial charge on any atom is -0.497 e. The van der Waals surface area contributed by atoms with E-state index in [1.807, 2.05) is 12.1 Å². The van der Waals surface area contributed by atoms with Crippen LogP contribution in [0.2, 0.25) is 0 Å². The highest BCUT2D eigenvalue weighted by Gasteiger charge is 2.32. The lowest BCUT2D eigenvalue weighted by Gasteiger charge is -2.06. The van der Waals surface area contributed by atoms with Gasteiger partial charge in [-0.1, -0.05) is 12.1 Å². The fraction of sp³-hybridized carbons (Fsp3) is 0.273. The van der Waals surface area contributed by atoms with Gasteiger partial charge in [0.05, 0.1) is 7.11 Å². The maximum absolute atomic E-state index is 11.2. The van der Waals surface area contributed by atoms with Crippen LogP contribution in [0.25, 0.3) is 0 Å². The summed E-state index contributed by atoms with van der Waals surface area (Å²) in [6.45, 7) is 0. The van der Waals surface area contributed by atoms with E-state index < -0.39 is 18.1 Å². The monoisotopic (exact) mass is 221 g/mol. The lowest BCUT2D eigenvalue weighted by atomic mass is 10.1. The van der Waals surface area contributed by atoms with Crippen LogP contribution in [-0.2, 0) is 16.0 Å². The molecule has 0 spiro atoms. The highest BCUT2D eigenvalue weighted by atomic mass is 16.6. The van der Waals surface area contributed by atoms with Crippen LogP contribution in [0.3, 0.4) is 0 Å². The Hall–Kier alpha value is -2.04. The van der Waals surface area contributed by atoms with Crippen molar-refractivity contribution < 1.29 is 19.1 Å². The number of methoxy groups -OCH3 is 1. The molecule has 1 saturated heterocycles. The van der Waals surface area contributed by atoms with Gasteiger partial charge in [-0.2, -0.15) is 0 Å². The Balaban J connectivity index is 2.03. The Morgan fingerprint density at radius 3 is 2.50 bits per heavy atom. The fourth-order valence-corrected chi connectivity index (χ4v) is 1.52. The average molecular weight is 221 g/mol. The van der Waals surface area contributed by atoms with Crippen molar-refractivity contribution in [2.75, 3.05) is 7.11 Å². The predicted octanol–water partition coefficient (Wildman–Crippen LogP) is 0.873. The molecule has 1 N–H and O–H groups in total. The van der Waals surface area contributed by atoms with E-state index >= 15 is 0 Å². The SMILES string of the molecule is COc1ccc(C[C@@H]2NC(=O)OC2=O)cc1. The molecule has 1 fully saturated rings. The number of rotatable bonds is 3. The first kappa shape index (κ1) is 10.5. The largest absolute Gasteiger partial charge is 0.497 e. The molecule has 0 radical (unpaired) electrons. The molecule has 1 aromatic rings. The van der Waals surface area contributed by atoms with E-state index in [0.29, 0.717) is 6.42 Å². The van der Waals surface area contributed by atoms with E-state index in [-0.39, 0.29) is 0 Å². The van der Waals surface area contributed by atoms with Gasteiger partial charge in [0.25, 0.3) is 0 Å². The van der Waals surface area contributed by atoms with Crippen LogP contribution in [0.1, 0.15) is 5.56 Å². The predicted molar refractivity (Wildman–Crippen MR) is 55.1 cm³/mol. The molecule has 0 aromatic heterocycles. The second-order valence-electron chi connectivity index (χ2n) is 3.46. The molecule has 5 nitrogen and oxygen atoms in total. The molecular formula is C11H11NO4. The number of carbonyl (C=O) groups excluding carboxylic acids is 2. The van der Waals surface area contributed by atoms with Crippen LogP contribution in [-0.4, -0.2) is 25.2 Å². The zero-order chi connectivity index (χ0) is 11.5. The molecule has 1 amide bonds. The van der Waals surface area contributed by atoms with Crippen LogP contribution >= 0.6 is 0 Å². The third-order valence-electron chi connectivity index (χ3n) is 2.37. The Labute approximate surface area is 92.4 Å². The van der Waals surface area contributed by atoms with E-state index in [2.05, 4.69) is 10.1 Å². The summed E-state index contributed by atoms with van der Waals surface area (Å²) >= 11 is 0. The fourth-order valence-electron chi connectivity index (χ4n) is 1.52. The third-order valence-corrected chi connectivity index (χ3v) is 2.37. The van der Waals surface area contributed by atoms with Crippen LogP contribution in [0.4, 0.5) is 4.79 Å². The Bertz CT molecular complexity index is 412. The highest BCUT2D eigenvalue weighted by Crippen LogP contribution is 2.14. The van der Waals surface area contributed by atoms with Gasteiger partial charge in [-0.3, -0.25) is 0 Å². The molecule has 1 heterocycles. The van der Waals surface area contributed by atoms with E-state index in [0.717, 1.165) is 11.3 Å². The van der Waals surface area contributed by atoms with Crippen LogP contribution in [0.5, 0.6) is 5.75 Å². The van der Waals surface area contributed by atoms with Crippen molar-refractivity contribution in [2.45, 2.75) is 12.5 Å². The summed E-state index contributed by atoms with van der Waals surface area (Å²) in [7, 11) is 1.59. The average Bonchev–Trinajstić information content (AvgIpc) is 2.59. The summed E-state index contributed by atoms with van der Waals surface area (Å²) in [6.07, 6.45) is -0.252. The second kappa shape index (κ2) is 4.22. The summed E-state index contributed by atoms with van der Waals surface area (Å²) in [6, 6.07) is 6.71. The number of amides is 1. The van der Waals surface area contributed by atoms with Gasteiger partial charge >= 0.3 is 12.1 Å². The molecule has 1 aromatic carbocycles. The Kier molecular flexibility index (Phi) is 2.76. The van der Waals surface area contributed by atoms with E-state index in [4.69, 9.17) is 4.74 Å². The van der Waals surface area contributed by atoms with Crippen molar-refractivity contribution >= 4 is 12.1 Å². The molecule has 0 aliphatic carbocycles. The van der Waals surface area contributed by atoms with Gasteiger partial charge in [0, 0.05) is 6.42 Å². The first-order valence-corrected chi connectivity index (χ1v) is 4.84. The molecule has 1 atom stereocenters. The lowest BCUT2D eigenvalue weighted by Crippen LogP contribution is -2.30. The molecule has 2 rings (SSSR count). The molecule has 5 heteroatoms. The number of esters is 1. The van der Waals surface area contributed by atoms with Gasteiger partial charge < -0.3 is 14.8 Å². The number of hydrogen-bond donors (Lipinski definition) is 1. The summed E-state index contributed by atoms with van der Waals surface area (Å²) < 4.78 is 9.39. The molecule has 84 valence electrons. The summed E-state index contributed by atoms with van der Waals surface area (Å²) in [4.78, 5) is 22.0. The lowest BCUT2D eigenvalue weighted by molar-refractivity contribution is -0.135. The van der Waals surface area contributed by atoms with Crippen LogP contribution in [0.15, 0.2) is 24.3 Å². The molecule has 0 saturated carbocycles. The standard InChI is InChI=1S/C11H11NO4/c1-15-8-4-2-7(3-5-8)6-9-10(13)16-11(14)12-9/h2-5,9H,6H2,1H3,(H,12,14)/t9-/m0/s1. The molecule has 16 heavy (non-hydrogen) atoms. The van der Waals surface area contributed by atoms with Crippen LogP contribution < -0.4 is 10.1 Å². The van der Waals surface area contributed by atoms with Crippen molar-refractivity contribution in [3.63, 3.8) is 0 Å². The first-order valence-electron chi connectivity index (χ1n) is 4.84. The van der Waals surface area contributed by atoms with E-state index in [9.17, 15) is 9.59 Å². The molecule has 1 aliphatic rings. The zero-order valence-electron chi connectivity index (χ0n) is 8.73. The number of hydrogen-bond acceptors (Lipinski definition) is 4. The normalized spacial score (nSPS) is 19.2. The quantitative estimate of drug-likeness (QED) is 0.607. The van der Waals surface area contributed by atoms with Crippen molar-refractivity contribution in [1.82, 2.24) is 5.32 Å². The topological polar surface area (TPSA) is 64.6 Å². The van der Waals surface area contributed by atoms with E-state index in [1.165, 1.54) is 0 Å². The minimum atomic E-state index is -0.677. The zero-order valence-corrected chi connectivity index (χ0v) is 8.73. The van der Waals surface area contributed by atoms with Crippen molar-refractivity contribution in [2.24, 2.45) is 0 Å². The van der Waals surface area contributed by atoms with Crippen molar-refractivity contribution in [3.8, 4) is 5.75 Å².